The Balaban J connectivity index is 2.99. The summed E-state index contributed by atoms with van der Waals surface area (Å²) in [6.45, 7) is -0.00767. The van der Waals surface area contributed by atoms with Gasteiger partial charge in [-0.05, 0) is 18.0 Å². The van der Waals surface area contributed by atoms with Gasteiger partial charge in [0.1, 0.15) is 6.10 Å². The summed E-state index contributed by atoms with van der Waals surface area (Å²) in [6, 6.07) is 5.59. The fraction of sp³-hybridized carbons (Fsp3) is 0.400. The van der Waals surface area contributed by atoms with Crippen LogP contribution in [0.2, 0.25) is 0 Å². The Labute approximate surface area is 110 Å². The normalized spacial score (nSPS) is 14.5. The topological polar surface area (TPSA) is 149 Å². The molecule has 0 spiro atoms. The molecular weight excluding hydrogens is 272 g/mol. The molecule has 104 valence electrons. The average Bonchev–Trinajstić information content (AvgIpc) is 2.37. The first kappa shape index (κ1) is 15.4. The summed E-state index contributed by atoms with van der Waals surface area (Å²) < 4.78 is 22.7. The quantitative estimate of drug-likeness (QED) is 0.394. The third kappa shape index (κ3) is 4.19. The smallest absolute Gasteiger partial charge is 0.238 e. The summed E-state index contributed by atoms with van der Waals surface area (Å²) in [6.07, 6.45) is -2.68. The van der Waals surface area contributed by atoms with Crippen molar-refractivity contribution in [3.05, 3.63) is 40.3 Å². The lowest BCUT2D eigenvalue weighted by Gasteiger charge is -2.19. The van der Waals surface area contributed by atoms with E-state index in [0.717, 1.165) is 0 Å². The lowest BCUT2D eigenvalue weighted by molar-refractivity contribution is 0.0134. The molecule has 0 bridgehead atoms. The van der Waals surface area contributed by atoms with Gasteiger partial charge < -0.3 is 10.2 Å². The number of hydrogen-bond donors (Lipinski definition) is 3. The highest BCUT2D eigenvalue weighted by Crippen LogP contribution is 2.25. The fourth-order valence-electron chi connectivity index (χ4n) is 1.58. The second-order valence-corrected chi connectivity index (χ2v) is 5.37. The van der Waals surface area contributed by atoms with Gasteiger partial charge in [-0.1, -0.05) is 23.3 Å². The minimum Gasteiger partial charge on any atom is -0.390 e. The molecule has 2 unspecified atom stereocenters. The first-order valence-electron chi connectivity index (χ1n) is 5.36. The maximum Gasteiger partial charge on any atom is 0.238 e. The second kappa shape index (κ2) is 6.50. The van der Waals surface area contributed by atoms with Crippen molar-refractivity contribution >= 4 is 10.0 Å². The van der Waals surface area contributed by atoms with Gasteiger partial charge in [-0.3, -0.25) is 0 Å². The summed E-state index contributed by atoms with van der Waals surface area (Å²) in [5.41, 5.74) is 8.12. The van der Waals surface area contributed by atoms with Crippen molar-refractivity contribution < 1.29 is 18.6 Å². The first-order valence-corrected chi connectivity index (χ1v) is 6.91. The van der Waals surface area contributed by atoms with Gasteiger partial charge in [-0.25, -0.2) is 13.6 Å². The maximum absolute atomic E-state index is 11.4. The van der Waals surface area contributed by atoms with E-state index < -0.39 is 22.2 Å². The first-order chi connectivity index (χ1) is 8.88. The van der Waals surface area contributed by atoms with Crippen molar-refractivity contribution in [2.75, 3.05) is 6.54 Å². The molecular formula is C10H14N4O4S. The number of aliphatic hydroxyl groups excluding tert-OH is 2. The van der Waals surface area contributed by atoms with E-state index in [0.29, 0.717) is 0 Å². The minimum atomic E-state index is -3.99. The Hall–Kier alpha value is -1.64. The van der Waals surface area contributed by atoms with Crippen LogP contribution in [0.5, 0.6) is 0 Å². The molecule has 0 aliphatic carbocycles. The molecule has 0 heterocycles. The maximum atomic E-state index is 11.4. The zero-order chi connectivity index (χ0) is 14.5. The Morgan fingerprint density at radius 1 is 1.37 bits per heavy atom. The van der Waals surface area contributed by atoms with Gasteiger partial charge in [0.05, 0.1) is 11.0 Å². The largest absolute Gasteiger partial charge is 0.390 e. The molecule has 1 aromatic carbocycles. The van der Waals surface area contributed by atoms with E-state index in [2.05, 4.69) is 10.0 Å². The molecule has 0 aliphatic rings. The van der Waals surface area contributed by atoms with Gasteiger partial charge in [-0.2, -0.15) is 0 Å². The predicted octanol–water partition coefficient (Wildman–Crippen LogP) is 0.429. The zero-order valence-electron chi connectivity index (χ0n) is 9.92. The number of nitrogens with two attached hydrogens (primary N) is 1. The molecule has 0 radical (unpaired) electrons. The van der Waals surface area contributed by atoms with E-state index in [-0.39, 0.29) is 23.4 Å². The van der Waals surface area contributed by atoms with Crippen molar-refractivity contribution in [1.29, 1.82) is 0 Å². The van der Waals surface area contributed by atoms with Crippen LogP contribution in [-0.2, 0) is 10.0 Å². The summed E-state index contributed by atoms with van der Waals surface area (Å²) in [4.78, 5) is 2.27. The summed E-state index contributed by atoms with van der Waals surface area (Å²) in [7, 11) is -3.99. The molecule has 19 heavy (non-hydrogen) atoms. The van der Waals surface area contributed by atoms with Gasteiger partial charge in [0.25, 0.3) is 0 Å². The number of aliphatic hydroxyl groups is 2. The van der Waals surface area contributed by atoms with Crippen LogP contribution in [0.15, 0.2) is 34.3 Å². The number of sulfonamides is 1. The lowest BCUT2D eigenvalue weighted by Crippen LogP contribution is -2.23. The second-order valence-electron chi connectivity index (χ2n) is 3.84. The van der Waals surface area contributed by atoms with E-state index in [1.165, 1.54) is 24.3 Å². The van der Waals surface area contributed by atoms with Crippen LogP contribution in [-0.4, -0.2) is 31.3 Å². The monoisotopic (exact) mass is 286 g/mol. The Bertz CT molecular complexity index is 583. The fourth-order valence-corrected chi connectivity index (χ4v) is 2.37. The zero-order valence-corrected chi connectivity index (χ0v) is 10.7. The van der Waals surface area contributed by atoms with Gasteiger partial charge in [0.15, 0.2) is 0 Å². The molecule has 0 fully saturated rings. The third-order valence-electron chi connectivity index (χ3n) is 2.50. The van der Waals surface area contributed by atoms with Crippen LogP contribution in [0, 0.1) is 0 Å². The Kier molecular flexibility index (Phi) is 5.28. The molecule has 2 atom stereocenters. The number of azide groups is 1. The van der Waals surface area contributed by atoms with Crippen molar-refractivity contribution in [3.8, 4) is 0 Å². The van der Waals surface area contributed by atoms with Crippen LogP contribution >= 0.6 is 0 Å². The van der Waals surface area contributed by atoms with E-state index >= 15 is 0 Å². The van der Waals surface area contributed by atoms with Crippen LogP contribution in [0.3, 0.4) is 0 Å². The average molecular weight is 286 g/mol. The number of hydrogen-bond acceptors (Lipinski definition) is 5. The molecule has 1 aromatic rings. The summed E-state index contributed by atoms with van der Waals surface area (Å²) in [5.74, 6) is 0. The number of rotatable bonds is 6. The molecule has 0 amide bonds. The minimum absolute atomic E-state index is 0.00415. The van der Waals surface area contributed by atoms with Crippen molar-refractivity contribution in [3.63, 3.8) is 0 Å². The summed E-state index contributed by atoms with van der Waals surface area (Å²) in [5, 5.41) is 27.9. The van der Waals surface area contributed by atoms with Crippen molar-refractivity contribution in [2.45, 2.75) is 23.5 Å². The predicted molar refractivity (Wildman–Crippen MR) is 67.4 cm³/mol. The molecule has 1 rings (SSSR count). The van der Waals surface area contributed by atoms with E-state index in [1.807, 2.05) is 0 Å². The van der Waals surface area contributed by atoms with Gasteiger partial charge >= 0.3 is 0 Å². The molecule has 8 nitrogen and oxygen atoms in total. The van der Waals surface area contributed by atoms with Crippen LogP contribution < -0.4 is 5.14 Å². The number of primary sulfonamides is 1. The Morgan fingerprint density at radius 3 is 2.58 bits per heavy atom. The Morgan fingerprint density at radius 2 is 2.00 bits per heavy atom. The molecule has 0 aromatic heterocycles. The summed E-state index contributed by atoms with van der Waals surface area (Å²) >= 11 is 0. The highest BCUT2D eigenvalue weighted by Gasteiger charge is 2.24. The highest BCUT2D eigenvalue weighted by atomic mass is 32.2. The van der Waals surface area contributed by atoms with E-state index in [1.54, 1.807) is 0 Å². The molecule has 0 aliphatic heterocycles. The molecule has 0 saturated heterocycles. The van der Waals surface area contributed by atoms with Gasteiger partial charge in [0, 0.05) is 17.0 Å². The van der Waals surface area contributed by atoms with Crippen molar-refractivity contribution in [1.82, 2.24) is 0 Å². The standard InChI is InChI=1S/C10H14N4O4S/c11-14-13-6-5-8(15)10(16)7-3-1-2-4-9(7)19(12,17)18/h1-4,8,10,15-16H,5-6H2,(H2,12,17,18). The third-order valence-corrected chi connectivity index (χ3v) is 3.48. The van der Waals surface area contributed by atoms with E-state index in [9.17, 15) is 18.6 Å². The SMILES string of the molecule is [N-]=[N+]=NCCC(O)C(O)c1ccccc1S(N)(=O)=O. The number of benzene rings is 1. The van der Waals surface area contributed by atoms with Gasteiger partial charge in [-0.15, -0.1) is 0 Å². The van der Waals surface area contributed by atoms with Gasteiger partial charge in [0.2, 0.25) is 10.0 Å². The van der Waals surface area contributed by atoms with Crippen molar-refractivity contribution in [2.24, 2.45) is 10.3 Å². The molecule has 4 N–H and O–H groups in total. The molecule has 9 heteroatoms. The van der Waals surface area contributed by atoms with Crippen LogP contribution in [0.1, 0.15) is 18.1 Å². The highest BCUT2D eigenvalue weighted by molar-refractivity contribution is 7.89. The lowest BCUT2D eigenvalue weighted by atomic mass is 10.0. The van der Waals surface area contributed by atoms with Crippen LogP contribution in [0.4, 0.5) is 0 Å². The van der Waals surface area contributed by atoms with Crippen LogP contribution in [0.25, 0.3) is 10.4 Å². The number of nitrogens with zero attached hydrogens (tertiary/aromatic N) is 3. The van der Waals surface area contributed by atoms with E-state index in [4.69, 9.17) is 10.7 Å². The molecule has 0 saturated carbocycles.